The van der Waals surface area contributed by atoms with Gasteiger partial charge in [-0.25, -0.2) is 9.97 Å². The Bertz CT molecular complexity index is 717. The zero-order chi connectivity index (χ0) is 17.1. The average molecular weight is 325 g/mol. The summed E-state index contributed by atoms with van der Waals surface area (Å²) in [6.45, 7) is 3.39. The van der Waals surface area contributed by atoms with Crippen LogP contribution in [0.15, 0.2) is 30.6 Å². The van der Waals surface area contributed by atoms with Crippen molar-refractivity contribution >= 4 is 5.91 Å². The van der Waals surface area contributed by atoms with Crippen molar-refractivity contribution in [1.29, 1.82) is 0 Å². The molecular formula is C18H23N5O. The number of hydrogen-bond acceptors (Lipinski definition) is 5. The molecule has 0 N–H and O–H groups in total. The van der Waals surface area contributed by atoms with Gasteiger partial charge in [0.25, 0.3) is 5.91 Å². The number of pyridine rings is 1. The summed E-state index contributed by atoms with van der Waals surface area (Å²) in [6.07, 6.45) is 5.45. The fraction of sp³-hybridized carbons (Fsp3) is 0.444. The summed E-state index contributed by atoms with van der Waals surface area (Å²) in [7, 11) is 4.05. The third-order valence-electron chi connectivity index (χ3n) is 4.22. The molecule has 1 aliphatic rings. The molecule has 3 rings (SSSR count). The molecule has 24 heavy (non-hydrogen) atoms. The van der Waals surface area contributed by atoms with E-state index >= 15 is 0 Å². The molecule has 1 fully saturated rings. The van der Waals surface area contributed by atoms with E-state index in [9.17, 15) is 4.79 Å². The molecule has 0 bridgehead atoms. The van der Waals surface area contributed by atoms with Gasteiger partial charge in [0.1, 0.15) is 11.5 Å². The van der Waals surface area contributed by atoms with Gasteiger partial charge in [0.2, 0.25) is 0 Å². The molecule has 126 valence electrons. The summed E-state index contributed by atoms with van der Waals surface area (Å²) in [4.78, 5) is 30.1. The molecule has 2 aromatic rings. The van der Waals surface area contributed by atoms with Gasteiger partial charge in [0.15, 0.2) is 0 Å². The number of nitrogens with zero attached hydrogens (tertiary/aromatic N) is 5. The van der Waals surface area contributed by atoms with Crippen LogP contribution in [0.1, 0.15) is 46.5 Å². The van der Waals surface area contributed by atoms with Crippen LogP contribution in [0, 0.1) is 6.92 Å². The Labute approximate surface area is 142 Å². The van der Waals surface area contributed by atoms with Crippen molar-refractivity contribution < 1.29 is 4.79 Å². The van der Waals surface area contributed by atoms with Crippen molar-refractivity contribution in [2.45, 2.75) is 32.4 Å². The fourth-order valence-electron chi connectivity index (χ4n) is 3.19. The predicted octanol–water partition coefficient (Wildman–Crippen LogP) is 2.22. The van der Waals surface area contributed by atoms with Crippen LogP contribution in [0.3, 0.4) is 0 Å². The van der Waals surface area contributed by atoms with Gasteiger partial charge in [-0.05, 0) is 46.0 Å². The lowest BCUT2D eigenvalue weighted by Gasteiger charge is -2.26. The predicted molar refractivity (Wildman–Crippen MR) is 91.4 cm³/mol. The third kappa shape index (κ3) is 3.43. The normalized spacial score (nSPS) is 17.5. The van der Waals surface area contributed by atoms with E-state index in [1.54, 1.807) is 12.3 Å². The first-order valence-corrected chi connectivity index (χ1v) is 8.25. The monoisotopic (exact) mass is 325 g/mol. The van der Waals surface area contributed by atoms with Gasteiger partial charge in [-0.1, -0.05) is 6.07 Å². The number of hydrogen-bond donors (Lipinski definition) is 0. The number of carbonyl (C=O) groups is 1. The number of aromatic nitrogens is 3. The molecule has 3 heterocycles. The second kappa shape index (κ2) is 7.05. The SMILES string of the molecule is Cc1ncc(CN(C)C)c([C@@H]2CCCN2C(=O)c2ccccn2)n1. The first kappa shape index (κ1) is 16.5. The van der Waals surface area contributed by atoms with E-state index in [1.165, 1.54) is 0 Å². The first-order valence-electron chi connectivity index (χ1n) is 8.25. The minimum Gasteiger partial charge on any atom is -0.329 e. The Morgan fingerprint density at radius 1 is 1.33 bits per heavy atom. The van der Waals surface area contributed by atoms with E-state index in [0.29, 0.717) is 5.69 Å². The Morgan fingerprint density at radius 3 is 2.88 bits per heavy atom. The fourth-order valence-corrected chi connectivity index (χ4v) is 3.19. The van der Waals surface area contributed by atoms with E-state index in [1.807, 2.05) is 44.2 Å². The van der Waals surface area contributed by atoms with Gasteiger partial charge in [0.05, 0.1) is 11.7 Å². The Balaban J connectivity index is 1.93. The van der Waals surface area contributed by atoms with E-state index in [0.717, 1.165) is 43.0 Å². The maximum atomic E-state index is 12.9. The van der Waals surface area contributed by atoms with Crippen molar-refractivity contribution in [2.24, 2.45) is 0 Å². The standard InChI is InChI=1S/C18H23N5O/c1-13-20-11-14(12-22(2)3)17(21-13)16-8-6-10-23(16)18(24)15-7-4-5-9-19-15/h4-5,7,9,11,16H,6,8,10,12H2,1-3H3/t16-/m0/s1. The van der Waals surface area contributed by atoms with Crippen LogP contribution in [0.4, 0.5) is 0 Å². The maximum absolute atomic E-state index is 12.9. The highest BCUT2D eigenvalue weighted by atomic mass is 16.2. The van der Waals surface area contributed by atoms with E-state index in [4.69, 9.17) is 0 Å². The molecule has 6 nitrogen and oxygen atoms in total. The Morgan fingerprint density at radius 2 is 2.17 bits per heavy atom. The van der Waals surface area contributed by atoms with Gasteiger partial charge in [-0.3, -0.25) is 9.78 Å². The summed E-state index contributed by atoms with van der Waals surface area (Å²) in [5, 5.41) is 0. The lowest BCUT2D eigenvalue weighted by Crippen LogP contribution is -2.32. The smallest absolute Gasteiger partial charge is 0.273 e. The quantitative estimate of drug-likeness (QED) is 0.862. The molecule has 6 heteroatoms. The summed E-state index contributed by atoms with van der Waals surface area (Å²) >= 11 is 0. The summed E-state index contributed by atoms with van der Waals surface area (Å²) < 4.78 is 0. The highest BCUT2D eigenvalue weighted by Crippen LogP contribution is 2.33. The molecule has 2 aromatic heterocycles. The van der Waals surface area contributed by atoms with Gasteiger partial charge in [-0.15, -0.1) is 0 Å². The highest BCUT2D eigenvalue weighted by Gasteiger charge is 2.33. The van der Waals surface area contributed by atoms with Crippen LogP contribution >= 0.6 is 0 Å². The molecule has 0 aromatic carbocycles. The Kier molecular flexibility index (Phi) is 4.85. The van der Waals surface area contributed by atoms with E-state index in [-0.39, 0.29) is 11.9 Å². The molecule has 0 spiro atoms. The molecule has 0 saturated carbocycles. The van der Waals surface area contributed by atoms with Gasteiger partial charge >= 0.3 is 0 Å². The maximum Gasteiger partial charge on any atom is 0.273 e. The number of carbonyl (C=O) groups excluding carboxylic acids is 1. The molecule has 1 saturated heterocycles. The molecule has 1 atom stereocenters. The van der Waals surface area contributed by atoms with Crippen LogP contribution in [-0.2, 0) is 6.54 Å². The number of aryl methyl sites for hydroxylation is 1. The van der Waals surface area contributed by atoms with Crippen LogP contribution in [0.25, 0.3) is 0 Å². The van der Waals surface area contributed by atoms with Gasteiger partial charge in [0, 0.05) is 31.0 Å². The molecule has 0 aliphatic carbocycles. The molecular weight excluding hydrogens is 302 g/mol. The van der Waals surface area contributed by atoms with E-state index in [2.05, 4.69) is 19.9 Å². The van der Waals surface area contributed by atoms with Crippen LogP contribution < -0.4 is 0 Å². The van der Waals surface area contributed by atoms with E-state index < -0.39 is 0 Å². The minimum atomic E-state index is -0.0230. The van der Waals surface area contributed by atoms with Crippen LogP contribution in [0.2, 0.25) is 0 Å². The lowest BCUT2D eigenvalue weighted by molar-refractivity contribution is 0.0725. The van der Waals surface area contributed by atoms with Crippen molar-refractivity contribution in [3.05, 3.63) is 53.4 Å². The minimum absolute atomic E-state index is 0.00356. The topological polar surface area (TPSA) is 62.2 Å². The molecule has 1 aliphatic heterocycles. The van der Waals surface area contributed by atoms with Crippen molar-refractivity contribution in [2.75, 3.05) is 20.6 Å². The first-order chi connectivity index (χ1) is 11.6. The summed E-state index contributed by atoms with van der Waals surface area (Å²) in [5.74, 6) is 0.717. The van der Waals surface area contributed by atoms with Crippen molar-refractivity contribution in [3.8, 4) is 0 Å². The number of amides is 1. The van der Waals surface area contributed by atoms with Crippen LogP contribution in [-0.4, -0.2) is 51.3 Å². The van der Waals surface area contributed by atoms with Gasteiger partial charge < -0.3 is 9.80 Å². The average Bonchev–Trinajstić information content (AvgIpc) is 3.05. The molecule has 0 radical (unpaired) electrons. The number of rotatable bonds is 4. The second-order valence-electron chi connectivity index (χ2n) is 6.44. The van der Waals surface area contributed by atoms with Crippen LogP contribution in [0.5, 0.6) is 0 Å². The second-order valence-corrected chi connectivity index (χ2v) is 6.44. The van der Waals surface area contributed by atoms with Gasteiger partial charge in [-0.2, -0.15) is 0 Å². The third-order valence-corrected chi connectivity index (χ3v) is 4.22. The summed E-state index contributed by atoms with van der Waals surface area (Å²) in [6, 6.07) is 5.43. The van der Waals surface area contributed by atoms with Crippen molar-refractivity contribution in [3.63, 3.8) is 0 Å². The zero-order valence-corrected chi connectivity index (χ0v) is 14.4. The lowest BCUT2D eigenvalue weighted by atomic mass is 10.1. The molecule has 1 amide bonds. The number of likely N-dealkylation sites (tertiary alicyclic amines) is 1. The van der Waals surface area contributed by atoms with Crippen molar-refractivity contribution in [1.82, 2.24) is 24.8 Å². The zero-order valence-electron chi connectivity index (χ0n) is 14.4. The summed E-state index contributed by atoms with van der Waals surface area (Å²) in [5.41, 5.74) is 2.54. The molecule has 0 unspecified atom stereocenters. The highest BCUT2D eigenvalue weighted by molar-refractivity contribution is 5.92. The largest absolute Gasteiger partial charge is 0.329 e. The Hall–Kier alpha value is -2.34.